The van der Waals surface area contributed by atoms with Crippen molar-refractivity contribution in [3.8, 4) is 0 Å². The summed E-state index contributed by atoms with van der Waals surface area (Å²) in [7, 11) is 0. The van der Waals surface area contributed by atoms with Gasteiger partial charge in [-0.1, -0.05) is 17.7 Å². The summed E-state index contributed by atoms with van der Waals surface area (Å²) in [5.41, 5.74) is 0.876. The minimum atomic E-state index is -0.614. The zero-order chi connectivity index (χ0) is 11.6. The molecule has 1 aliphatic rings. The molecule has 86 valence electrons. The van der Waals surface area contributed by atoms with Crippen LogP contribution in [0.2, 0.25) is 0 Å². The van der Waals surface area contributed by atoms with Crippen LogP contribution in [0, 0.1) is 12.3 Å². The normalized spacial score (nSPS) is 17.1. The Bertz CT molecular complexity index is 397. The van der Waals surface area contributed by atoms with Gasteiger partial charge in [-0.25, -0.2) is 0 Å². The van der Waals surface area contributed by atoms with E-state index in [1.807, 2.05) is 6.07 Å². The van der Waals surface area contributed by atoms with Gasteiger partial charge in [0.25, 0.3) is 0 Å². The molecule has 0 aliphatic heterocycles. The minimum Gasteiger partial charge on any atom is -0.481 e. The van der Waals surface area contributed by atoms with E-state index in [4.69, 9.17) is 5.11 Å². The van der Waals surface area contributed by atoms with Crippen molar-refractivity contribution in [3.05, 3.63) is 29.8 Å². The van der Waals surface area contributed by atoms with Crippen LogP contribution in [0.3, 0.4) is 0 Å². The van der Waals surface area contributed by atoms with Gasteiger partial charge in [0.2, 0.25) is 0 Å². The number of rotatable bonds is 5. The molecule has 0 radical (unpaired) electrons. The molecule has 2 nitrogen and oxygen atoms in total. The molecule has 1 fully saturated rings. The van der Waals surface area contributed by atoms with Crippen LogP contribution in [-0.2, 0) is 4.79 Å². The second-order valence-corrected chi connectivity index (χ2v) is 5.67. The van der Waals surface area contributed by atoms with Crippen molar-refractivity contribution >= 4 is 17.7 Å². The molecule has 0 amide bonds. The summed E-state index contributed by atoms with van der Waals surface area (Å²) in [5, 5.41) is 9.04. The van der Waals surface area contributed by atoms with Crippen LogP contribution in [0.25, 0.3) is 0 Å². The molecule has 3 heteroatoms. The number of carboxylic acids is 1. The second kappa shape index (κ2) is 4.50. The van der Waals surface area contributed by atoms with Crippen LogP contribution in [0.4, 0.5) is 0 Å². The van der Waals surface area contributed by atoms with Gasteiger partial charge in [-0.15, -0.1) is 11.8 Å². The number of hydrogen-bond donors (Lipinski definition) is 1. The lowest BCUT2D eigenvalue weighted by Crippen LogP contribution is -2.15. The standard InChI is InChI=1S/C13H16O2S/c1-10-3-2-4-11(9-10)16-8-7-13(5-6-13)12(14)15/h2-4,9H,5-8H2,1H3,(H,14,15). The van der Waals surface area contributed by atoms with E-state index in [0.29, 0.717) is 0 Å². The maximum Gasteiger partial charge on any atom is 0.309 e. The predicted octanol–water partition coefficient (Wildman–Crippen LogP) is 3.34. The van der Waals surface area contributed by atoms with Gasteiger partial charge in [0.15, 0.2) is 0 Å². The Morgan fingerprint density at radius 3 is 2.81 bits per heavy atom. The summed E-state index contributed by atoms with van der Waals surface area (Å²) in [6.45, 7) is 2.07. The van der Waals surface area contributed by atoms with Crippen LogP contribution in [0.5, 0.6) is 0 Å². The molecule has 2 rings (SSSR count). The SMILES string of the molecule is Cc1cccc(SCCC2(C(=O)O)CC2)c1. The van der Waals surface area contributed by atoms with E-state index >= 15 is 0 Å². The molecule has 1 aliphatic carbocycles. The number of thioether (sulfide) groups is 1. The van der Waals surface area contributed by atoms with Crippen molar-refractivity contribution < 1.29 is 9.90 Å². The van der Waals surface area contributed by atoms with Crippen molar-refractivity contribution in [3.63, 3.8) is 0 Å². The lowest BCUT2D eigenvalue weighted by molar-refractivity contribution is -0.143. The molecule has 0 spiro atoms. The van der Waals surface area contributed by atoms with Crippen molar-refractivity contribution in [2.75, 3.05) is 5.75 Å². The molecule has 1 N–H and O–H groups in total. The number of carboxylic acid groups (broad SMARTS) is 1. The van der Waals surface area contributed by atoms with E-state index in [-0.39, 0.29) is 5.41 Å². The summed E-state index contributed by atoms with van der Waals surface area (Å²) in [6, 6.07) is 8.34. The average molecular weight is 236 g/mol. The topological polar surface area (TPSA) is 37.3 Å². The second-order valence-electron chi connectivity index (χ2n) is 4.50. The number of carbonyl (C=O) groups is 1. The van der Waals surface area contributed by atoms with Crippen LogP contribution >= 0.6 is 11.8 Å². The third-order valence-electron chi connectivity index (χ3n) is 3.15. The van der Waals surface area contributed by atoms with Crippen LogP contribution < -0.4 is 0 Å². The molecular formula is C13H16O2S. The van der Waals surface area contributed by atoms with E-state index in [0.717, 1.165) is 25.0 Å². The molecule has 0 unspecified atom stereocenters. The third-order valence-corrected chi connectivity index (χ3v) is 4.14. The van der Waals surface area contributed by atoms with Crippen molar-refractivity contribution in [1.29, 1.82) is 0 Å². The van der Waals surface area contributed by atoms with Crippen LogP contribution in [0.1, 0.15) is 24.8 Å². The number of aryl methyl sites for hydroxylation is 1. The minimum absolute atomic E-state index is 0.378. The fourth-order valence-corrected chi connectivity index (χ4v) is 2.96. The van der Waals surface area contributed by atoms with E-state index in [1.54, 1.807) is 11.8 Å². The van der Waals surface area contributed by atoms with E-state index in [1.165, 1.54) is 10.5 Å². The largest absolute Gasteiger partial charge is 0.481 e. The van der Waals surface area contributed by atoms with E-state index in [9.17, 15) is 4.79 Å². The molecule has 0 heterocycles. The highest BCUT2D eigenvalue weighted by Gasteiger charge is 2.49. The summed E-state index contributed by atoms with van der Waals surface area (Å²) in [5.74, 6) is 0.285. The first-order valence-electron chi connectivity index (χ1n) is 5.55. The van der Waals surface area contributed by atoms with Crippen molar-refractivity contribution in [2.24, 2.45) is 5.41 Å². The fourth-order valence-electron chi connectivity index (χ4n) is 1.79. The van der Waals surface area contributed by atoms with Gasteiger partial charge in [0.1, 0.15) is 0 Å². The number of aliphatic carboxylic acids is 1. The van der Waals surface area contributed by atoms with Crippen molar-refractivity contribution in [2.45, 2.75) is 31.1 Å². The summed E-state index contributed by atoms with van der Waals surface area (Å²) in [6.07, 6.45) is 2.51. The van der Waals surface area contributed by atoms with Gasteiger partial charge in [0, 0.05) is 4.90 Å². The first-order valence-corrected chi connectivity index (χ1v) is 6.54. The maximum atomic E-state index is 11.0. The number of benzene rings is 1. The predicted molar refractivity (Wildman–Crippen MR) is 65.8 cm³/mol. The first-order chi connectivity index (χ1) is 7.62. The zero-order valence-corrected chi connectivity index (χ0v) is 10.2. The molecule has 16 heavy (non-hydrogen) atoms. The van der Waals surface area contributed by atoms with Gasteiger partial charge in [-0.2, -0.15) is 0 Å². The quantitative estimate of drug-likeness (QED) is 0.797. The summed E-state index contributed by atoms with van der Waals surface area (Å²) < 4.78 is 0. The van der Waals surface area contributed by atoms with Crippen molar-refractivity contribution in [1.82, 2.24) is 0 Å². The van der Waals surface area contributed by atoms with E-state index < -0.39 is 5.97 Å². The van der Waals surface area contributed by atoms with Gasteiger partial charge >= 0.3 is 5.97 Å². The molecule has 1 aromatic rings. The Morgan fingerprint density at radius 1 is 1.50 bits per heavy atom. The molecule has 0 aromatic heterocycles. The van der Waals surface area contributed by atoms with Gasteiger partial charge in [-0.3, -0.25) is 4.79 Å². The Hall–Kier alpha value is -0.960. The highest BCUT2D eigenvalue weighted by molar-refractivity contribution is 7.99. The monoisotopic (exact) mass is 236 g/mol. The van der Waals surface area contributed by atoms with E-state index in [2.05, 4.69) is 25.1 Å². The van der Waals surface area contributed by atoms with Gasteiger partial charge in [-0.05, 0) is 44.1 Å². The van der Waals surface area contributed by atoms with Gasteiger partial charge < -0.3 is 5.11 Å². The maximum absolute atomic E-state index is 11.0. The third kappa shape index (κ3) is 2.59. The van der Waals surface area contributed by atoms with Crippen LogP contribution in [0.15, 0.2) is 29.2 Å². The smallest absolute Gasteiger partial charge is 0.309 e. The lowest BCUT2D eigenvalue weighted by atomic mass is 10.1. The Kier molecular flexibility index (Phi) is 3.24. The molecule has 0 saturated heterocycles. The Balaban J connectivity index is 1.83. The summed E-state index contributed by atoms with van der Waals surface area (Å²) >= 11 is 1.76. The zero-order valence-electron chi connectivity index (χ0n) is 9.40. The highest BCUT2D eigenvalue weighted by Crippen LogP contribution is 2.49. The Labute approximate surface area is 100 Å². The fraction of sp³-hybridized carbons (Fsp3) is 0.462. The molecular weight excluding hydrogens is 220 g/mol. The molecule has 1 saturated carbocycles. The highest BCUT2D eigenvalue weighted by atomic mass is 32.2. The van der Waals surface area contributed by atoms with Crippen LogP contribution in [-0.4, -0.2) is 16.8 Å². The first kappa shape index (κ1) is 11.5. The Morgan fingerprint density at radius 2 is 2.25 bits per heavy atom. The molecule has 0 atom stereocenters. The average Bonchev–Trinajstić information content (AvgIpc) is 2.99. The summed E-state index contributed by atoms with van der Waals surface area (Å²) in [4.78, 5) is 12.2. The molecule has 0 bridgehead atoms. The molecule has 1 aromatic carbocycles. The van der Waals surface area contributed by atoms with Gasteiger partial charge in [0.05, 0.1) is 5.41 Å². The number of hydrogen-bond acceptors (Lipinski definition) is 2. The lowest BCUT2D eigenvalue weighted by Gasteiger charge is -2.08.